The van der Waals surface area contributed by atoms with Crippen molar-refractivity contribution < 1.29 is 29.4 Å². The first-order valence-electron chi connectivity index (χ1n) is 11.3. The summed E-state index contributed by atoms with van der Waals surface area (Å²) in [6, 6.07) is 2.72. The molecule has 3 rings (SSSR count). The van der Waals surface area contributed by atoms with Crippen LogP contribution in [0.5, 0.6) is 5.75 Å². The van der Waals surface area contributed by atoms with E-state index in [4.69, 9.17) is 5.73 Å². The Morgan fingerprint density at radius 3 is 2.05 bits per heavy atom. The van der Waals surface area contributed by atoms with E-state index in [2.05, 4.69) is 35.9 Å². The average Bonchev–Trinajstić information content (AvgIpc) is 3.57. The van der Waals surface area contributed by atoms with Crippen molar-refractivity contribution in [3.8, 4) is 5.75 Å². The number of phenols is 1. The molecule has 0 spiro atoms. The van der Waals surface area contributed by atoms with E-state index < -0.39 is 48.4 Å². The quantitative estimate of drug-likeness (QED) is 0.131. The van der Waals surface area contributed by atoms with Crippen LogP contribution < -0.4 is 21.7 Å². The Balaban J connectivity index is 1.61. The van der Waals surface area contributed by atoms with Crippen LogP contribution in [0.25, 0.3) is 0 Å². The highest BCUT2D eigenvalue weighted by Gasteiger charge is 2.26. The van der Waals surface area contributed by atoms with Gasteiger partial charge in [0.2, 0.25) is 17.7 Å². The number of nitrogens with two attached hydrogens (primary N) is 1. The van der Waals surface area contributed by atoms with E-state index in [9.17, 15) is 29.4 Å². The number of H-pyrrole nitrogens is 2. The van der Waals surface area contributed by atoms with Gasteiger partial charge in [-0.05, 0) is 17.7 Å². The molecule has 14 nitrogen and oxygen atoms in total. The second kappa shape index (κ2) is 12.8. The fourth-order valence-electron chi connectivity index (χ4n) is 3.42. The number of nitrogens with zero attached hydrogens (tertiary/aromatic N) is 2. The number of aromatic hydroxyl groups is 1. The Kier molecular flexibility index (Phi) is 9.32. The van der Waals surface area contributed by atoms with Gasteiger partial charge in [-0.15, -0.1) is 0 Å². The zero-order chi connectivity index (χ0) is 26.8. The molecule has 3 aromatic rings. The van der Waals surface area contributed by atoms with Crippen LogP contribution in [-0.4, -0.2) is 78.5 Å². The molecular formula is C23H28N8O6. The van der Waals surface area contributed by atoms with Crippen molar-refractivity contribution in [1.82, 2.24) is 35.9 Å². The molecule has 3 atom stereocenters. The van der Waals surface area contributed by atoms with Gasteiger partial charge in [-0.3, -0.25) is 14.4 Å². The van der Waals surface area contributed by atoms with E-state index in [-0.39, 0.29) is 25.0 Å². The normalized spacial score (nSPS) is 13.2. The molecule has 0 unspecified atom stereocenters. The first-order valence-corrected chi connectivity index (χ1v) is 11.3. The number of carboxylic acids is 1. The fraction of sp³-hybridized carbons (Fsp3) is 0.304. The molecule has 0 radical (unpaired) electrons. The van der Waals surface area contributed by atoms with E-state index >= 15 is 0 Å². The number of imidazole rings is 2. The summed E-state index contributed by atoms with van der Waals surface area (Å²) in [5, 5.41) is 26.2. The van der Waals surface area contributed by atoms with Crippen molar-refractivity contribution in [1.29, 1.82) is 0 Å². The van der Waals surface area contributed by atoms with Crippen molar-refractivity contribution in [3.63, 3.8) is 0 Å². The van der Waals surface area contributed by atoms with E-state index in [1.807, 2.05) is 0 Å². The van der Waals surface area contributed by atoms with E-state index in [0.29, 0.717) is 17.0 Å². The Hall–Kier alpha value is -4.72. The molecule has 2 aromatic heterocycles. The van der Waals surface area contributed by atoms with Crippen molar-refractivity contribution >= 4 is 23.7 Å². The summed E-state index contributed by atoms with van der Waals surface area (Å²) in [6.07, 6.45) is 6.09. The van der Waals surface area contributed by atoms with Gasteiger partial charge < -0.3 is 41.9 Å². The highest BCUT2D eigenvalue weighted by Crippen LogP contribution is 2.12. The van der Waals surface area contributed by atoms with Gasteiger partial charge in [-0.1, -0.05) is 12.1 Å². The van der Waals surface area contributed by atoms with Gasteiger partial charge in [-0.25, -0.2) is 14.8 Å². The van der Waals surface area contributed by atoms with Gasteiger partial charge in [0.25, 0.3) is 0 Å². The molecule has 9 N–H and O–H groups in total. The van der Waals surface area contributed by atoms with Crippen LogP contribution in [0.3, 0.4) is 0 Å². The number of phenolic OH excluding ortho intramolecular Hbond substituents is 1. The lowest BCUT2D eigenvalue weighted by Gasteiger charge is -2.21. The number of aromatic nitrogens is 4. The zero-order valence-electron chi connectivity index (χ0n) is 19.7. The standard InChI is InChI=1S/C23H28N8O6/c24-17(6-14-8-25-11-28-14)21(34)31-18(5-13-1-3-16(32)4-2-13)22(35)27-10-20(33)30-19(23(36)37)7-15-9-26-12-29-15/h1-4,8-9,11-12,17-19,32H,5-7,10,24H2,(H,25,28)(H,26,29)(H,27,35)(H,30,33)(H,31,34)(H,36,37)/t17-,18-,19-/m0/s1. The summed E-state index contributed by atoms with van der Waals surface area (Å²) in [6.45, 7) is -0.523. The smallest absolute Gasteiger partial charge is 0.326 e. The molecule has 0 saturated carbocycles. The predicted molar refractivity (Wildman–Crippen MR) is 129 cm³/mol. The van der Waals surface area contributed by atoms with Crippen molar-refractivity contribution in [2.75, 3.05) is 6.54 Å². The third-order valence-electron chi connectivity index (χ3n) is 5.35. The fourth-order valence-corrected chi connectivity index (χ4v) is 3.42. The number of hydrogen-bond acceptors (Lipinski definition) is 8. The van der Waals surface area contributed by atoms with Gasteiger partial charge in [-0.2, -0.15) is 0 Å². The van der Waals surface area contributed by atoms with Gasteiger partial charge in [0.05, 0.1) is 36.6 Å². The molecule has 2 heterocycles. The van der Waals surface area contributed by atoms with Crippen LogP contribution in [0.2, 0.25) is 0 Å². The SMILES string of the molecule is N[C@@H](Cc1c[nH]cn1)C(=O)N[C@@H](Cc1ccc(O)cc1)C(=O)NCC(=O)N[C@@H](Cc1c[nH]cn1)C(=O)O. The molecule has 0 fully saturated rings. The average molecular weight is 513 g/mol. The predicted octanol–water partition coefficient (Wildman–Crippen LogP) is -1.64. The van der Waals surface area contributed by atoms with Gasteiger partial charge in [0, 0.05) is 31.7 Å². The molecule has 1 aromatic carbocycles. The highest BCUT2D eigenvalue weighted by atomic mass is 16.4. The van der Waals surface area contributed by atoms with Crippen LogP contribution in [0, 0.1) is 0 Å². The van der Waals surface area contributed by atoms with E-state index in [1.54, 1.807) is 18.3 Å². The number of carbonyl (C=O) groups excluding carboxylic acids is 3. The number of hydrogen-bond donors (Lipinski definition) is 8. The Labute approximate surface area is 211 Å². The minimum absolute atomic E-state index is 0.0364. The van der Waals surface area contributed by atoms with Crippen LogP contribution in [0.1, 0.15) is 17.0 Å². The van der Waals surface area contributed by atoms with Crippen LogP contribution >= 0.6 is 0 Å². The monoisotopic (exact) mass is 512 g/mol. The van der Waals surface area contributed by atoms with Gasteiger partial charge in [0.15, 0.2) is 0 Å². The number of aromatic amines is 2. The summed E-state index contributed by atoms with van der Waals surface area (Å²) >= 11 is 0. The lowest BCUT2D eigenvalue weighted by Crippen LogP contribution is -2.54. The molecule has 0 aliphatic rings. The number of rotatable bonds is 13. The summed E-state index contributed by atoms with van der Waals surface area (Å²) in [5.74, 6) is -3.24. The maximum absolute atomic E-state index is 12.9. The molecule has 0 bridgehead atoms. The molecule has 14 heteroatoms. The van der Waals surface area contributed by atoms with Crippen molar-refractivity contribution in [3.05, 3.63) is 66.3 Å². The number of carbonyl (C=O) groups is 4. The van der Waals surface area contributed by atoms with E-state index in [1.165, 1.54) is 31.0 Å². The number of aliphatic carboxylic acids is 1. The third kappa shape index (κ3) is 8.47. The van der Waals surface area contributed by atoms with Gasteiger partial charge >= 0.3 is 5.97 Å². The topological polar surface area (TPSA) is 228 Å². The summed E-state index contributed by atoms with van der Waals surface area (Å²) in [5.41, 5.74) is 7.62. The second-order valence-corrected chi connectivity index (χ2v) is 8.24. The largest absolute Gasteiger partial charge is 0.508 e. The first kappa shape index (κ1) is 26.9. The summed E-state index contributed by atoms with van der Waals surface area (Å²) in [4.78, 5) is 62.9. The van der Waals surface area contributed by atoms with Gasteiger partial charge in [0.1, 0.15) is 17.8 Å². The molecule has 196 valence electrons. The Bertz CT molecular complexity index is 1180. The number of amides is 3. The molecule has 37 heavy (non-hydrogen) atoms. The maximum Gasteiger partial charge on any atom is 0.326 e. The minimum Gasteiger partial charge on any atom is -0.508 e. The Morgan fingerprint density at radius 1 is 0.865 bits per heavy atom. The lowest BCUT2D eigenvalue weighted by atomic mass is 10.0. The highest BCUT2D eigenvalue weighted by molar-refractivity contribution is 5.92. The Morgan fingerprint density at radius 2 is 1.49 bits per heavy atom. The molecule has 3 amide bonds. The minimum atomic E-state index is -1.26. The van der Waals surface area contributed by atoms with Crippen LogP contribution in [0.4, 0.5) is 0 Å². The summed E-state index contributed by atoms with van der Waals surface area (Å²) in [7, 11) is 0. The number of carboxylic acid groups (broad SMARTS) is 1. The number of benzene rings is 1. The zero-order valence-corrected chi connectivity index (χ0v) is 19.7. The van der Waals surface area contributed by atoms with Crippen LogP contribution in [-0.2, 0) is 38.4 Å². The third-order valence-corrected chi connectivity index (χ3v) is 5.35. The molecule has 0 aliphatic heterocycles. The van der Waals surface area contributed by atoms with Crippen molar-refractivity contribution in [2.45, 2.75) is 37.4 Å². The van der Waals surface area contributed by atoms with E-state index in [0.717, 1.165) is 0 Å². The molecule has 0 aliphatic carbocycles. The second-order valence-electron chi connectivity index (χ2n) is 8.24. The molecular weight excluding hydrogens is 484 g/mol. The van der Waals surface area contributed by atoms with Crippen LogP contribution in [0.15, 0.2) is 49.3 Å². The summed E-state index contributed by atoms with van der Waals surface area (Å²) < 4.78 is 0. The maximum atomic E-state index is 12.9. The lowest BCUT2D eigenvalue weighted by molar-refractivity contribution is -0.141. The molecule has 0 saturated heterocycles. The first-order chi connectivity index (χ1) is 17.7. The van der Waals surface area contributed by atoms with Crippen molar-refractivity contribution in [2.24, 2.45) is 5.73 Å². The number of nitrogens with one attached hydrogen (secondary N) is 5.